The molecule has 0 amide bonds. The Kier molecular flexibility index (Phi) is 5.91. The largest absolute Gasteiger partial charge is 0.452 e. The molecule has 0 radical (unpaired) electrons. The van der Waals surface area contributed by atoms with Crippen molar-refractivity contribution in [3.05, 3.63) is 22.6 Å². The molecule has 1 aromatic heterocycles. The highest BCUT2D eigenvalue weighted by Crippen LogP contribution is 2.14. The first kappa shape index (κ1) is 11.8. The summed E-state index contributed by atoms with van der Waals surface area (Å²) in [6.45, 7) is 5.36. The molecule has 0 aliphatic rings. The van der Waals surface area contributed by atoms with Gasteiger partial charge < -0.3 is 14.5 Å². The van der Waals surface area contributed by atoms with Gasteiger partial charge in [-0.1, -0.05) is 6.92 Å². The van der Waals surface area contributed by atoms with Gasteiger partial charge in [0.1, 0.15) is 12.4 Å². The Bertz CT molecular complexity index is 250. The molecule has 1 aromatic rings. The van der Waals surface area contributed by atoms with Crippen LogP contribution in [0.1, 0.15) is 19.1 Å². The molecule has 4 heteroatoms. The van der Waals surface area contributed by atoms with E-state index >= 15 is 0 Å². The number of halogens is 1. The molecule has 14 heavy (non-hydrogen) atoms. The summed E-state index contributed by atoms with van der Waals surface area (Å²) in [5.74, 6) is 0.854. The maximum atomic E-state index is 5.40. The summed E-state index contributed by atoms with van der Waals surface area (Å²) in [4.78, 5) is 0. The van der Waals surface area contributed by atoms with Crippen molar-refractivity contribution >= 4 is 15.9 Å². The lowest BCUT2D eigenvalue weighted by Gasteiger charge is -2.03. The van der Waals surface area contributed by atoms with Crippen LogP contribution in [-0.4, -0.2) is 19.7 Å². The van der Waals surface area contributed by atoms with Crippen molar-refractivity contribution < 1.29 is 9.15 Å². The summed E-state index contributed by atoms with van der Waals surface area (Å²) >= 11 is 3.24. The number of furan rings is 1. The Labute approximate surface area is 92.9 Å². The third-order valence-corrected chi connectivity index (χ3v) is 2.15. The molecule has 0 unspecified atom stereocenters. The van der Waals surface area contributed by atoms with Gasteiger partial charge in [-0.15, -0.1) is 0 Å². The predicted molar refractivity (Wildman–Crippen MR) is 59.2 cm³/mol. The topological polar surface area (TPSA) is 34.4 Å². The fraction of sp³-hybridized carbons (Fsp3) is 0.600. The minimum Gasteiger partial charge on any atom is -0.452 e. The van der Waals surface area contributed by atoms with E-state index < -0.39 is 0 Å². The van der Waals surface area contributed by atoms with Crippen molar-refractivity contribution in [2.75, 3.05) is 19.7 Å². The van der Waals surface area contributed by atoms with Crippen molar-refractivity contribution in [3.8, 4) is 0 Å². The van der Waals surface area contributed by atoms with Gasteiger partial charge in [0.05, 0.1) is 6.61 Å². The molecule has 80 valence electrons. The van der Waals surface area contributed by atoms with Crippen LogP contribution in [-0.2, 0) is 11.3 Å². The van der Waals surface area contributed by atoms with Gasteiger partial charge in [-0.2, -0.15) is 0 Å². The molecule has 0 aromatic carbocycles. The van der Waals surface area contributed by atoms with Gasteiger partial charge in [-0.3, -0.25) is 0 Å². The summed E-state index contributed by atoms with van der Waals surface area (Å²) in [6, 6.07) is 3.78. The number of nitrogens with one attached hydrogen (secondary N) is 1. The van der Waals surface area contributed by atoms with Gasteiger partial charge in [0.15, 0.2) is 4.67 Å². The number of ether oxygens (including phenoxy) is 1. The lowest BCUT2D eigenvalue weighted by molar-refractivity contribution is 0.107. The molecule has 1 heterocycles. The fourth-order valence-electron chi connectivity index (χ4n) is 1.05. The molecular weight excluding hydrogens is 246 g/mol. The third kappa shape index (κ3) is 4.79. The molecule has 1 rings (SSSR count). The SMILES string of the molecule is CCCNCCOCc1ccc(Br)o1. The highest BCUT2D eigenvalue weighted by molar-refractivity contribution is 9.10. The van der Waals surface area contributed by atoms with Crippen LogP contribution in [0, 0.1) is 0 Å². The lowest BCUT2D eigenvalue weighted by atomic mass is 10.5. The summed E-state index contributed by atoms with van der Waals surface area (Å²) in [5.41, 5.74) is 0. The second-order valence-corrected chi connectivity index (χ2v) is 3.79. The molecule has 0 atom stereocenters. The minimum atomic E-state index is 0.541. The molecule has 0 bridgehead atoms. The normalized spacial score (nSPS) is 10.7. The van der Waals surface area contributed by atoms with Gasteiger partial charge >= 0.3 is 0 Å². The van der Waals surface area contributed by atoms with Gasteiger partial charge in [0.25, 0.3) is 0 Å². The first-order valence-corrected chi connectivity index (χ1v) is 5.65. The monoisotopic (exact) mass is 261 g/mol. The van der Waals surface area contributed by atoms with Gasteiger partial charge in [0.2, 0.25) is 0 Å². The Balaban J connectivity index is 1.99. The van der Waals surface area contributed by atoms with E-state index in [0.29, 0.717) is 6.61 Å². The van der Waals surface area contributed by atoms with Crippen LogP contribution < -0.4 is 5.32 Å². The zero-order valence-electron chi connectivity index (χ0n) is 8.38. The van der Waals surface area contributed by atoms with E-state index in [1.165, 1.54) is 0 Å². The van der Waals surface area contributed by atoms with Crippen LogP contribution in [0.15, 0.2) is 21.2 Å². The highest BCUT2D eigenvalue weighted by Gasteiger charge is 1.98. The van der Waals surface area contributed by atoms with E-state index in [1.54, 1.807) is 0 Å². The molecular formula is C10H16BrNO2. The van der Waals surface area contributed by atoms with E-state index in [1.807, 2.05) is 12.1 Å². The Morgan fingerprint density at radius 3 is 2.93 bits per heavy atom. The molecule has 0 spiro atoms. The van der Waals surface area contributed by atoms with Crippen molar-refractivity contribution in [3.63, 3.8) is 0 Å². The van der Waals surface area contributed by atoms with Crippen LogP contribution in [0.4, 0.5) is 0 Å². The second kappa shape index (κ2) is 7.04. The molecule has 0 aliphatic carbocycles. The molecule has 0 aliphatic heterocycles. The third-order valence-electron chi connectivity index (χ3n) is 1.72. The maximum absolute atomic E-state index is 5.40. The minimum absolute atomic E-state index is 0.541. The van der Waals surface area contributed by atoms with Crippen molar-refractivity contribution in [2.24, 2.45) is 0 Å². The van der Waals surface area contributed by atoms with Crippen molar-refractivity contribution in [2.45, 2.75) is 20.0 Å². The zero-order chi connectivity index (χ0) is 10.2. The van der Waals surface area contributed by atoms with Gasteiger partial charge in [0, 0.05) is 6.54 Å². The first-order valence-electron chi connectivity index (χ1n) is 4.85. The van der Waals surface area contributed by atoms with Crippen LogP contribution in [0.5, 0.6) is 0 Å². The maximum Gasteiger partial charge on any atom is 0.169 e. The summed E-state index contributed by atoms with van der Waals surface area (Å²) in [7, 11) is 0. The Morgan fingerprint density at radius 2 is 2.29 bits per heavy atom. The quantitative estimate of drug-likeness (QED) is 0.767. The summed E-state index contributed by atoms with van der Waals surface area (Å²) in [5, 5.41) is 3.26. The molecule has 0 fully saturated rings. The van der Waals surface area contributed by atoms with Crippen LogP contribution >= 0.6 is 15.9 Å². The number of hydrogen-bond acceptors (Lipinski definition) is 3. The van der Waals surface area contributed by atoms with E-state index in [9.17, 15) is 0 Å². The van der Waals surface area contributed by atoms with Crippen LogP contribution in [0.2, 0.25) is 0 Å². The van der Waals surface area contributed by atoms with E-state index in [-0.39, 0.29) is 0 Å². The smallest absolute Gasteiger partial charge is 0.169 e. The summed E-state index contributed by atoms with van der Waals surface area (Å²) < 4.78 is 11.4. The number of rotatable bonds is 7. The standard InChI is InChI=1S/C10H16BrNO2/c1-2-5-12-6-7-13-8-9-3-4-10(11)14-9/h3-4,12H,2,5-8H2,1H3. The lowest BCUT2D eigenvalue weighted by Crippen LogP contribution is -2.20. The van der Waals surface area contributed by atoms with Crippen molar-refractivity contribution in [1.82, 2.24) is 5.32 Å². The van der Waals surface area contributed by atoms with Gasteiger partial charge in [-0.05, 0) is 41.0 Å². The Hall–Kier alpha value is -0.320. The van der Waals surface area contributed by atoms with Crippen LogP contribution in [0.3, 0.4) is 0 Å². The van der Waals surface area contributed by atoms with E-state index in [2.05, 4.69) is 28.2 Å². The van der Waals surface area contributed by atoms with Gasteiger partial charge in [-0.25, -0.2) is 0 Å². The summed E-state index contributed by atoms with van der Waals surface area (Å²) in [6.07, 6.45) is 1.16. The fourth-order valence-corrected chi connectivity index (χ4v) is 1.39. The zero-order valence-corrected chi connectivity index (χ0v) is 9.97. The van der Waals surface area contributed by atoms with E-state index in [4.69, 9.17) is 9.15 Å². The second-order valence-electron chi connectivity index (χ2n) is 3.01. The van der Waals surface area contributed by atoms with E-state index in [0.717, 1.165) is 36.5 Å². The average molecular weight is 262 g/mol. The first-order chi connectivity index (χ1) is 6.83. The molecule has 1 N–H and O–H groups in total. The highest BCUT2D eigenvalue weighted by atomic mass is 79.9. The Morgan fingerprint density at radius 1 is 1.43 bits per heavy atom. The van der Waals surface area contributed by atoms with Crippen LogP contribution in [0.25, 0.3) is 0 Å². The van der Waals surface area contributed by atoms with Crippen molar-refractivity contribution in [1.29, 1.82) is 0 Å². The predicted octanol–water partition coefficient (Wildman–Crippen LogP) is 2.56. The molecule has 0 saturated heterocycles. The molecule has 3 nitrogen and oxygen atoms in total. The molecule has 0 saturated carbocycles. The number of hydrogen-bond donors (Lipinski definition) is 1. The average Bonchev–Trinajstić information content (AvgIpc) is 2.58.